The van der Waals surface area contributed by atoms with Gasteiger partial charge in [-0.1, -0.05) is 52.6 Å². The van der Waals surface area contributed by atoms with Gasteiger partial charge < -0.3 is 45.3 Å². The van der Waals surface area contributed by atoms with Crippen molar-refractivity contribution < 1.29 is 37.9 Å². The number of hydrogen-bond donors (Lipinski definition) is 6. The second kappa shape index (κ2) is 15.9. The average Bonchev–Trinajstić information content (AvgIpc) is 3.71. The number of aromatic nitrogens is 2. The van der Waals surface area contributed by atoms with Crippen LogP contribution in [0.4, 0.5) is 15.3 Å². The van der Waals surface area contributed by atoms with Crippen LogP contribution in [0.2, 0.25) is 0 Å². The largest absolute Gasteiger partial charge is 0.465 e. The summed E-state index contributed by atoms with van der Waals surface area (Å²) in [6.45, 7) is 9.31. The quantitative estimate of drug-likeness (QED) is 0.0821. The molecule has 5 aromatic rings. The summed E-state index contributed by atoms with van der Waals surface area (Å²) in [7, 11) is 0. The molecule has 2 aromatic carbocycles. The molecule has 2 aliphatic rings. The Balaban J connectivity index is 1.02. The van der Waals surface area contributed by atoms with E-state index in [1.54, 1.807) is 38.1 Å². The predicted molar refractivity (Wildman–Crippen MR) is 228 cm³/mol. The predicted octanol–water partition coefficient (Wildman–Crippen LogP) is 9.07. The fourth-order valence-electron chi connectivity index (χ4n) is 9.85. The number of rotatable bonds is 9. The van der Waals surface area contributed by atoms with Crippen LogP contribution in [-0.2, 0) is 9.53 Å². The number of hydrogen-bond acceptors (Lipinski definition) is 9. The van der Waals surface area contributed by atoms with Crippen LogP contribution in [0.1, 0.15) is 108 Å². The first-order chi connectivity index (χ1) is 27.8. The van der Waals surface area contributed by atoms with Crippen molar-refractivity contribution in [2.45, 2.75) is 109 Å². The molecule has 59 heavy (non-hydrogen) atoms. The van der Waals surface area contributed by atoms with Crippen molar-refractivity contribution in [3.8, 4) is 0 Å². The van der Waals surface area contributed by atoms with Crippen molar-refractivity contribution in [1.82, 2.24) is 20.6 Å². The third-order valence-corrected chi connectivity index (χ3v) is 13.3. The Kier molecular flexibility index (Phi) is 11.4. The van der Waals surface area contributed by atoms with Gasteiger partial charge >= 0.3 is 12.2 Å². The minimum atomic E-state index is -1.34. The van der Waals surface area contributed by atoms with Gasteiger partial charge in [-0.05, 0) is 113 Å². The molecule has 7 N–H and O–H groups in total. The Labute approximate surface area is 356 Å². The summed E-state index contributed by atoms with van der Waals surface area (Å²) >= 11 is 6.91. The van der Waals surface area contributed by atoms with E-state index in [0.29, 0.717) is 79.3 Å². The van der Waals surface area contributed by atoms with Gasteiger partial charge in [-0.15, -0.1) is 0 Å². The summed E-state index contributed by atoms with van der Waals surface area (Å²) in [6.07, 6.45) is 2.32. The summed E-state index contributed by atoms with van der Waals surface area (Å²) < 4.78 is 19.3. The van der Waals surface area contributed by atoms with Gasteiger partial charge in [0.15, 0.2) is 0 Å². The first kappa shape index (κ1) is 42.2. The number of ether oxygens (including phenoxy) is 1. The highest BCUT2D eigenvalue weighted by Crippen LogP contribution is 2.52. The maximum atomic E-state index is 13.7. The fourth-order valence-corrected chi connectivity index (χ4v) is 10.6. The van der Waals surface area contributed by atoms with Gasteiger partial charge in [-0.25, -0.2) is 14.6 Å². The lowest BCUT2D eigenvalue weighted by molar-refractivity contribution is -0.121. The summed E-state index contributed by atoms with van der Waals surface area (Å²) in [6, 6.07) is 10.4. The third kappa shape index (κ3) is 8.07. The number of amides is 4. The fraction of sp³-hybridized carbons (Fsp3) is 0.476. The number of furan rings is 2. The number of carbonyl (C=O) groups is 4. The maximum absolute atomic E-state index is 13.7. The SMILES string of the molecule is CC(C)(C)C(NC(=O)O)(C1CCC(c2nc3c(oc4ccc(Br)cc43)c(=O)[nH]2)CC1)C(C)(C)OC(=O)NC1CCC(C(=O)Nc2c(C(N)=O)oc3ccc(Br)cc23)CC1. The molecule has 3 heterocycles. The van der Waals surface area contributed by atoms with E-state index in [0.717, 1.165) is 14.3 Å². The van der Waals surface area contributed by atoms with Crippen molar-refractivity contribution >= 4 is 94.6 Å². The summed E-state index contributed by atoms with van der Waals surface area (Å²) in [4.78, 5) is 72.9. The molecule has 1 atom stereocenters. The van der Waals surface area contributed by atoms with E-state index in [-0.39, 0.29) is 46.4 Å². The van der Waals surface area contributed by atoms with Crippen LogP contribution in [-0.4, -0.2) is 56.3 Å². The molecular formula is C42H48Br2N6O9. The van der Waals surface area contributed by atoms with Crippen LogP contribution in [0, 0.1) is 17.3 Å². The number of halogens is 2. The van der Waals surface area contributed by atoms with Crippen LogP contribution >= 0.6 is 31.9 Å². The molecule has 3 aromatic heterocycles. The van der Waals surface area contributed by atoms with Crippen molar-refractivity contribution in [2.24, 2.45) is 23.0 Å². The molecule has 4 amide bonds. The number of nitrogens with two attached hydrogens (primary N) is 1. The zero-order valence-electron chi connectivity index (χ0n) is 33.4. The molecule has 0 saturated heterocycles. The number of carboxylic acid groups (broad SMARTS) is 1. The Bertz CT molecular complexity index is 2520. The van der Waals surface area contributed by atoms with Gasteiger partial charge in [0, 0.05) is 37.6 Å². The molecule has 7 rings (SSSR count). The van der Waals surface area contributed by atoms with Crippen LogP contribution in [0.15, 0.2) is 59.0 Å². The van der Waals surface area contributed by atoms with E-state index in [9.17, 15) is 29.1 Å². The zero-order valence-corrected chi connectivity index (χ0v) is 36.6. The number of primary amides is 1. The Morgan fingerprint density at radius 3 is 2.08 bits per heavy atom. The number of H-pyrrole nitrogens is 1. The van der Waals surface area contributed by atoms with Crippen molar-refractivity contribution in [1.29, 1.82) is 0 Å². The van der Waals surface area contributed by atoms with E-state index in [1.807, 2.05) is 32.9 Å². The van der Waals surface area contributed by atoms with Crippen LogP contribution in [0.3, 0.4) is 0 Å². The highest BCUT2D eigenvalue weighted by atomic mass is 79.9. The molecule has 2 saturated carbocycles. The molecule has 0 radical (unpaired) electrons. The van der Waals surface area contributed by atoms with Gasteiger partial charge in [-0.3, -0.25) is 14.4 Å². The van der Waals surface area contributed by atoms with Crippen LogP contribution < -0.4 is 27.2 Å². The van der Waals surface area contributed by atoms with Crippen molar-refractivity contribution in [2.75, 3.05) is 5.32 Å². The number of anilines is 1. The van der Waals surface area contributed by atoms with E-state index < -0.39 is 40.6 Å². The number of alkyl carbamates (subject to hydrolysis) is 1. The lowest BCUT2D eigenvalue weighted by Gasteiger charge is -2.58. The molecule has 2 fully saturated rings. The summed E-state index contributed by atoms with van der Waals surface area (Å²) in [5, 5.41) is 20.3. The lowest BCUT2D eigenvalue weighted by Crippen LogP contribution is -2.73. The third-order valence-electron chi connectivity index (χ3n) is 12.4. The van der Waals surface area contributed by atoms with Gasteiger partial charge in [-0.2, -0.15) is 0 Å². The van der Waals surface area contributed by atoms with Crippen molar-refractivity contribution in [3.05, 3.63) is 67.3 Å². The Morgan fingerprint density at radius 1 is 0.881 bits per heavy atom. The second-order valence-electron chi connectivity index (χ2n) is 17.3. The van der Waals surface area contributed by atoms with Crippen LogP contribution in [0.5, 0.6) is 0 Å². The lowest BCUT2D eigenvalue weighted by atomic mass is 9.55. The molecular weight excluding hydrogens is 892 g/mol. The number of nitrogens with zero attached hydrogens (tertiary/aromatic N) is 1. The first-order valence-electron chi connectivity index (χ1n) is 19.7. The van der Waals surface area contributed by atoms with Crippen molar-refractivity contribution in [3.63, 3.8) is 0 Å². The smallest absolute Gasteiger partial charge is 0.407 e. The minimum absolute atomic E-state index is 0.0982. The van der Waals surface area contributed by atoms with E-state index in [1.165, 1.54) is 0 Å². The maximum Gasteiger partial charge on any atom is 0.407 e. The van der Waals surface area contributed by atoms with E-state index >= 15 is 0 Å². The Morgan fingerprint density at radius 2 is 1.49 bits per heavy atom. The zero-order chi connectivity index (χ0) is 42.6. The van der Waals surface area contributed by atoms with Gasteiger partial charge in [0.1, 0.15) is 33.8 Å². The number of aromatic amines is 1. The summed E-state index contributed by atoms with van der Waals surface area (Å²) in [5.41, 5.74) is 3.76. The molecule has 0 bridgehead atoms. The topological polar surface area (TPSA) is 232 Å². The van der Waals surface area contributed by atoms with E-state index in [4.69, 9.17) is 24.3 Å². The number of nitrogens with one attached hydrogen (secondary N) is 4. The highest BCUT2D eigenvalue weighted by molar-refractivity contribution is 9.10. The molecule has 15 nitrogen and oxygen atoms in total. The van der Waals surface area contributed by atoms with Gasteiger partial charge in [0.2, 0.25) is 17.3 Å². The molecule has 17 heteroatoms. The van der Waals surface area contributed by atoms with Gasteiger partial charge in [0.05, 0.1) is 5.54 Å². The normalized spacial score (nSPS) is 21.2. The van der Waals surface area contributed by atoms with Crippen LogP contribution in [0.25, 0.3) is 33.0 Å². The number of carbonyl (C=O) groups excluding carboxylic acids is 3. The first-order valence-corrected chi connectivity index (χ1v) is 21.3. The second-order valence-corrected chi connectivity index (χ2v) is 19.1. The highest BCUT2D eigenvalue weighted by Gasteiger charge is 2.61. The standard InChI is InChI=1S/C42H48Br2N6O9/c1-40(2,3)42(50-38(54)55,22-10-6-20(7-11-22)35-47-31-27-19-24(44)13-17-29(27)58-33(31)37(53)49-35)41(4,5)59-39(56)46-25-14-8-21(9-15-25)36(52)48-30-26-18-23(43)12-16-28(26)57-32(30)34(45)51/h12-13,16-22,25,50H,6-11,14-15H2,1-5H3,(H2,45,51)(H,46,56)(H,48,52)(H,54,55)(H,47,49,53). The molecule has 1 unspecified atom stereocenters. The molecule has 0 aliphatic heterocycles. The molecule has 314 valence electrons. The number of fused-ring (bicyclic) bond motifs is 4. The van der Waals surface area contributed by atoms with E-state index in [2.05, 4.69) is 52.8 Å². The molecule has 0 spiro atoms. The molecule has 2 aliphatic carbocycles. The van der Waals surface area contributed by atoms with Gasteiger partial charge in [0.25, 0.3) is 11.5 Å². The monoisotopic (exact) mass is 938 g/mol. The minimum Gasteiger partial charge on any atom is -0.465 e. The Hall–Kier alpha value is -4.90. The summed E-state index contributed by atoms with van der Waals surface area (Å²) in [5.74, 6) is -1.41. The number of benzene rings is 2. The average molecular weight is 941 g/mol.